The van der Waals surface area contributed by atoms with Crippen LogP contribution in [-0.4, -0.2) is 181 Å². The molecule has 4 rings (SSSR count). The van der Waals surface area contributed by atoms with Gasteiger partial charge in [0.1, 0.15) is 48.8 Å². The number of aliphatic hydroxyl groups is 1. The van der Waals surface area contributed by atoms with Crippen LogP contribution in [0.25, 0.3) is 0 Å². The number of rotatable bonds is 12. The van der Waals surface area contributed by atoms with Gasteiger partial charge in [0, 0.05) is 103 Å². The second-order valence-corrected chi connectivity index (χ2v) is 12.9. The molecule has 0 amide bonds. The largest absolute Gasteiger partial charge is 0.390 e. The van der Waals surface area contributed by atoms with Gasteiger partial charge in [-0.1, -0.05) is 20.8 Å². The fraction of sp³-hybridized carbons (Fsp3) is 0.889. The Labute approximate surface area is 304 Å². The van der Waals surface area contributed by atoms with Gasteiger partial charge >= 0.3 is 0 Å². The van der Waals surface area contributed by atoms with E-state index in [1.165, 1.54) is 14.2 Å². The quantitative estimate of drug-likeness (QED) is 0.306. The minimum absolute atomic E-state index is 0.0272. The van der Waals surface area contributed by atoms with Gasteiger partial charge in [-0.15, -0.1) is 0 Å². The molecule has 0 aromatic rings. The molecule has 3 fully saturated rings. The second kappa shape index (κ2) is 23.4. The lowest BCUT2D eigenvalue weighted by atomic mass is 10.1. The van der Waals surface area contributed by atoms with E-state index in [0.717, 1.165) is 5.57 Å². The molecular formula is C36H66O15. The smallest absolute Gasteiger partial charge is 0.190 e. The van der Waals surface area contributed by atoms with E-state index in [0.29, 0.717) is 0 Å². The fourth-order valence-electron chi connectivity index (χ4n) is 7.57. The molecule has 0 bridgehead atoms. The van der Waals surface area contributed by atoms with E-state index >= 15 is 0 Å². The van der Waals surface area contributed by atoms with Crippen LogP contribution in [0.2, 0.25) is 0 Å². The maximum atomic E-state index is 11.6. The molecule has 15 heteroatoms. The minimum Gasteiger partial charge on any atom is -0.390 e. The molecule has 1 N–H and O–H groups in total. The molecule has 300 valence electrons. The van der Waals surface area contributed by atoms with Gasteiger partial charge in [-0.25, -0.2) is 0 Å². The van der Waals surface area contributed by atoms with Crippen molar-refractivity contribution in [1.29, 1.82) is 0 Å². The summed E-state index contributed by atoms with van der Waals surface area (Å²) in [6.07, 6.45) is -0.900. The third-order valence-electron chi connectivity index (χ3n) is 10.5. The SMILES string of the molecule is COC1C(=O)C(C)C(OC)C1OC.COC1C(C)C(O)C(OC)C1OC.COC1C(C)C(OC)C(OC)C1OC.COC1C=C(C)C(=O)C1OC. The van der Waals surface area contributed by atoms with E-state index in [4.69, 9.17) is 56.8 Å². The highest BCUT2D eigenvalue weighted by Gasteiger charge is 2.51. The minimum atomic E-state index is -0.514. The van der Waals surface area contributed by atoms with Crippen molar-refractivity contribution in [2.24, 2.45) is 17.8 Å². The first-order valence-electron chi connectivity index (χ1n) is 17.0. The van der Waals surface area contributed by atoms with E-state index in [-0.39, 0.29) is 90.4 Å². The summed E-state index contributed by atoms with van der Waals surface area (Å²) >= 11 is 0. The molecule has 15 nitrogen and oxygen atoms in total. The third-order valence-corrected chi connectivity index (χ3v) is 10.5. The van der Waals surface area contributed by atoms with Crippen LogP contribution in [0.15, 0.2) is 11.6 Å². The Morgan fingerprint density at radius 2 is 0.824 bits per heavy atom. The number of hydrogen-bond donors (Lipinski definition) is 1. The zero-order chi connectivity index (χ0) is 39.2. The van der Waals surface area contributed by atoms with Crippen molar-refractivity contribution in [3.63, 3.8) is 0 Å². The first-order chi connectivity index (χ1) is 24.2. The standard InChI is InChI=1S/C10H20O4.C9H18O4.C9H16O4.C8H12O3/c1-6-7(11-2)9(13-4)10(14-5)8(6)12-3;2*1-5-6(10)8(12-3)9(13-4)7(5)11-2;1-5-4-6(10-2)8(11-3)7(5)9/h6-10H,1-5H3;5-10H,1-4H3;5,7-9H,1-4H3;4,6,8H,1-3H3. The Hall–Kier alpha value is -1.44. The lowest BCUT2D eigenvalue weighted by molar-refractivity contribution is -0.132. The molecule has 4 aliphatic carbocycles. The van der Waals surface area contributed by atoms with Gasteiger partial charge in [0.05, 0.1) is 30.5 Å². The molecule has 51 heavy (non-hydrogen) atoms. The molecule has 15 unspecified atom stereocenters. The molecular weight excluding hydrogens is 672 g/mol. The Morgan fingerprint density at radius 3 is 1.16 bits per heavy atom. The predicted octanol–water partition coefficient (Wildman–Crippen LogP) is 1.53. The van der Waals surface area contributed by atoms with Crippen LogP contribution in [0.5, 0.6) is 0 Å². The van der Waals surface area contributed by atoms with E-state index in [1.54, 1.807) is 84.1 Å². The van der Waals surface area contributed by atoms with Crippen molar-refractivity contribution >= 4 is 11.6 Å². The zero-order valence-electron chi connectivity index (χ0n) is 33.5. The number of ether oxygens (including phenoxy) is 12. The molecule has 0 radical (unpaired) electrons. The Bertz CT molecular complexity index is 1010. The lowest BCUT2D eigenvalue weighted by Gasteiger charge is -2.22. The van der Waals surface area contributed by atoms with Crippen molar-refractivity contribution in [3.8, 4) is 0 Å². The van der Waals surface area contributed by atoms with Crippen LogP contribution in [0.3, 0.4) is 0 Å². The summed E-state index contributed by atoms with van der Waals surface area (Å²) in [5, 5.41) is 9.78. The van der Waals surface area contributed by atoms with Crippen molar-refractivity contribution in [2.75, 3.05) is 85.3 Å². The maximum Gasteiger partial charge on any atom is 0.190 e. The Kier molecular flexibility index (Phi) is 21.8. The van der Waals surface area contributed by atoms with Crippen LogP contribution in [-0.2, 0) is 66.4 Å². The summed E-state index contributed by atoms with van der Waals surface area (Å²) < 4.78 is 62.8. The van der Waals surface area contributed by atoms with Gasteiger partial charge in [-0.05, 0) is 18.6 Å². The maximum absolute atomic E-state index is 11.6. The molecule has 0 heterocycles. The number of Topliss-reactive ketones (excluding diaryl/α,β-unsaturated/α-hetero) is 2. The zero-order valence-corrected chi connectivity index (χ0v) is 33.5. The van der Waals surface area contributed by atoms with Gasteiger partial charge in [-0.2, -0.15) is 0 Å². The van der Waals surface area contributed by atoms with Crippen LogP contribution in [0, 0.1) is 17.8 Å². The van der Waals surface area contributed by atoms with Crippen LogP contribution < -0.4 is 0 Å². The van der Waals surface area contributed by atoms with Crippen LogP contribution in [0.1, 0.15) is 27.7 Å². The normalized spacial score (nSPS) is 40.2. The van der Waals surface area contributed by atoms with Gasteiger partial charge in [0.25, 0.3) is 0 Å². The summed E-state index contributed by atoms with van der Waals surface area (Å²) in [5.74, 6) is 0.250. The molecule has 3 saturated carbocycles. The monoisotopic (exact) mass is 738 g/mol. The number of methoxy groups -OCH3 is 12. The van der Waals surface area contributed by atoms with Crippen molar-refractivity contribution < 1.29 is 71.5 Å². The van der Waals surface area contributed by atoms with Crippen molar-refractivity contribution in [1.82, 2.24) is 0 Å². The first-order valence-corrected chi connectivity index (χ1v) is 17.0. The molecule has 0 spiro atoms. The third kappa shape index (κ3) is 10.8. The number of hydrogen-bond acceptors (Lipinski definition) is 15. The highest BCUT2D eigenvalue weighted by Crippen LogP contribution is 2.35. The molecule has 15 atom stereocenters. The van der Waals surface area contributed by atoms with Crippen LogP contribution >= 0.6 is 0 Å². The number of carbonyl (C=O) groups is 2. The average molecular weight is 739 g/mol. The van der Waals surface area contributed by atoms with Crippen molar-refractivity contribution in [2.45, 2.75) is 107 Å². The van der Waals surface area contributed by atoms with Crippen LogP contribution in [0.4, 0.5) is 0 Å². The molecule has 0 aliphatic heterocycles. The number of ketones is 2. The molecule has 0 aromatic carbocycles. The average Bonchev–Trinajstić information content (AvgIpc) is 3.77. The summed E-state index contributed by atoms with van der Waals surface area (Å²) in [5.41, 5.74) is 0.726. The second-order valence-electron chi connectivity index (χ2n) is 12.9. The van der Waals surface area contributed by atoms with Gasteiger partial charge in [-0.3, -0.25) is 9.59 Å². The van der Waals surface area contributed by atoms with E-state index in [2.05, 4.69) is 6.92 Å². The highest BCUT2D eigenvalue weighted by molar-refractivity contribution is 6.01. The lowest BCUT2D eigenvalue weighted by Crippen LogP contribution is -2.37. The fourth-order valence-corrected chi connectivity index (χ4v) is 7.57. The summed E-state index contributed by atoms with van der Waals surface area (Å²) in [6, 6.07) is 0. The topological polar surface area (TPSA) is 165 Å². The molecule has 0 saturated heterocycles. The predicted molar refractivity (Wildman–Crippen MR) is 187 cm³/mol. The molecule has 0 aromatic heterocycles. The van der Waals surface area contributed by atoms with Gasteiger partial charge in [0.2, 0.25) is 0 Å². The summed E-state index contributed by atoms with van der Waals surface area (Å²) in [6.45, 7) is 7.63. The Balaban J connectivity index is 0.000000341. The summed E-state index contributed by atoms with van der Waals surface area (Å²) in [7, 11) is 19.3. The molecule has 4 aliphatic rings. The highest BCUT2D eigenvalue weighted by atomic mass is 16.6. The van der Waals surface area contributed by atoms with E-state index < -0.39 is 18.3 Å². The van der Waals surface area contributed by atoms with E-state index in [1.807, 2.05) is 13.8 Å². The van der Waals surface area contributed by atoms with Gasteiger partial charge < -0.3 is 61.9 Å². The van der Waals surface area contributed by atoms with Gasteiger partial charge in [0.15, 0.2) is 11.6 Å². The van der Waals surface area contributed by atoms with Crippen molar-refractivity contribution in [3.05, 3.63) is 11.6 Å². The number of carbonyl (C=O) groups excluding carboxylic acids is 2. The van der Waals surface area contributed by atoms with E-state index in [9.17, 15) is 14.7 Å². The summed E-state index contributed by atoms with van der Waals surface area (Å²) in [4.78, 5) is 22.8. The Morgan fingerprint density at radius 1 is 0.451 bits per heavy atom. The number of aliphatic hydroxyl groups excluding tert-OH is 1. The first kappa shape index (κ1) is 47.6.